The van der Waals surface area contributed by atoms with E-state index in [2.05, 4.69) is 40.5 Å². The highest BCUT2D eigenvalue weighted by molar-refractivity contribution is 5.80. The van der Waals surface area contributed by atoms with E-state index in [1.54, 1.807) is 6.20 Å². The van der Waals surface area contributed by atoms with Crippen LogP contribution in [0.4, 0.5) is 0 Å². The molecular formula is C19H30N4O2. The maximum absolute atomic E-state index is 11.8. The van der Waals surface area contributed by atoms with E-state index >= 15 is 0 Å². The van der Waals surface area contributed by atoms with Crippen molar-refractivity contribution in [2.75, 3.05) is 13.2 Å². The van der Waals surface area contributed by atoms with E-state index in [1.165, 1.54) is 0 Å². The number of pyridine rings is 1. The number of aliphatic imine (C=N–C) groups is 1. The maximum Gasteiger partial charge on any atom is 0.308 e. The molecule has 138 valence electrons. The van der Waals surface area contributed by atoms with Gasteiger partial charge in [0, 0.05) is 18.8 Å². The van der Waals surface area contributed by atoms with Gasteiger partial charge < -0.3 is 15.4 Å². The Labute approximate surface area is 150 Å². The van der Waals surface area contributed by atoms with E-state index in [0.717, 1.165) is 49.4 Å². The first-order valence-electron chi connectivity index (χ1n) is 9.26. The highest BCUT2D eigenvalue weighted by Crippen LogP contribution is 2.25. The van der Waals surface area contributed by atoms with Gasteiger partial charge in [0.15, 0.2) is 5.96 Å². The number of esters is 1. The first kappa shape index (κ1) is 19.2. The lowest BCUT2D eigenvalue weighted by atomic mass is 9.86. The van der Waals surface area contributed by atoms with Crippen LogP contribution in [0.25, 0.3) is 0 Å². The monoisotopic (exact) mass is 346 g/mol. The Bertz CT molecular complexity index is 581. The number of ether oxygens (including phenoxy) is 1. The van der Waals surface area contributed by atoms with Crippen LogP contribution in [0.3, 0.4) is 0 Å². The van der Waals surface area contributed by atoms with Crippen LogP contribution in [-0.4, -0.2) is 36.1 Å². The molecule has 0 radical (unpaired) electrons. The van der Waals surface area contributed by atoms with E-state index in [4.69, 9.17) is 4.74 Å². The summed E-state index contributed by atoms with van der Waals surface area (Å²) in [5.41, 5.74) is 2.14. The minimum absolute atomic E-state index is 0.0489. The normalized spacial score (nSPS) is 20.8. The van der Waals surface area contributed by atoms with Gasteiger partial charge >= 0.3 is 5.97 Å². The summed E-state index contributed by atoms with van der Waals surface area (Å²) in [6.07, 6.45) is 5.45. The van der Waals surface area contributed by atoms with Crippen LogP contribution in [-0.2, 0) is 16.1 Å². The fourth-order valence-corrected chi connectivity index (χ4v) is 3.08. The topological polar surface area (TPSA) is 75.6 Å². The van der Waals surface area contributed by atoms with Crippen LogP contribution in [0.1, 0.15) is 50.8 Å². The fourth-order valence-electron chi connectivity index (χ4n) is 3.08. The molecule has 2 rings (SSSR count). The molecule has 0 amide bonds. The molecule has 0 aromatic carbocycles. The van der Waals surface area contributed by atoms with Gasteiger partial charge in [-0.25, -0.2) is 4.99 Å². The quantitative estimate of drug-likeness (QED) is 0.470. The molecule has 1 aromatic heterocycles. The van der Waals surface area contributed by atoms with Crippen LogP contribution < -0.4 is 10.6 Å². The molecule has 0 spiro atoms. The number of rotatable bonds is 6. The van der Waals surface area contributed by atoms with Crippen LogP contribution in [0.2, 0.25) is 0 Å². The van der Waals surface area contributed by atoms with Crippen molar-refractivity contribution >= 4 is 11.9 Å². The molecule has 6 heteroatoms. The molecule has 1 aliphatic carbocycles. The van der Waals surface area contributed by atoms with Crippen molar-refractivity contribution in [3.8, 4) is 0 Å². The zero-order valence-corrected chi connectivity index (χ0v) is 15.5. The lowest BCUT2D eigenvalue weighted by Gasteiger charge is -2.29. The predicted octanol–water partition coefficient (Wildman–Crippen LogP) is 2.57. The molecule has 1 aliphatic rings. The van der Waals surface area contributed by atoms with E-state index in [9.17, 15) is 4.79 Å². The maximum atomic E-state index is 11.8. The van der Waals surface area contributed by atoms with Gasteiger partial charge in [-0.3, -0.25) is 9.78 Å². The number of hydrogen-bond donors (Lipinski definition) is 2. The smallest absolute Gasteiger partial charge is 0.308 e. The van der Waals surface area contributed by atoms with E-state index < -0.39 is 0 Å². The van der Waals surface area contributed by atoms with Crippen LogP contribution in [0.15, 0.2) is 23.3 Å². The summed E-state index contributed by atoms with van der Waals surface area (Å²) < 4.78 is 5.13. The van der Waals surface area contributed by atoms with Crippen molar-refractivity contribution in [3.05, 3.63) is 29.6 Å². The van der Waals surface area contributed by atoms with E-state index in [1.807, 2.05) is 13.0 Å². The van der Waals surface area contributed by atoms with Gasteiger partial charge in [0.1, 0.15) is 0 Å². The molecule has 6 nitrogen and oxygen atoms in total. The zero-order chi connectivity index (χ0) is 18.1. The van der Waals surface area contributed by atoms with Gasteiger partial charge in [-0.05, 0) is 58.1 Å². The second-order valence-electron chi connectivity index (χ2n) is 6.41. The van der Waals surface area contributed by atoms with Crippen molar-refractivity contribution in [2.45, 2.75) is 59.0 Å². The predicted molar refractivity (Wildman–Crippen MR) is 99.3 cm³/mol. The SMILES string of the molecule is CCNC(=NCc1ncccc1C)NC1CCC(C(=O)OCC)CC1. The molecule has 1 fully saturated rings. The average molecular weight is 346 g/mol. The number of nitrogens with one attached hydrogen (secondary N) is 2. The molecule has 0 unspecified atom stereocenters. The molecule has 1 saturated carbocycles. The number of carbonyl (C=O) groups excluding carboxylic acids is 1. The second-order valence-corrected chi connectivity index (χ2v) is 6.41. The molecule has 0 bridgehead atoms. The third-order valence-electron chi connectivity index (χ3n) is 4.54. The number of carbonyl (C=O) groups is 1. The number of nitrogens with zero attached hydrogens (tertiary/aromatic N) is 2. The molecule has 1 heterocycles. The van der Waals surface area contributed by atoms with Crippen molar-refractivity contribution in [3.63, 3.8) is 0 Å². The van der Waals surface area contributed by atoms with Crippen LogP contribution in [0, 0.1) is 12.8 Å². The van der Waals surface area contributed by atoms with E-state index in [0.29, 0.717) is 19.2 Å². The summed E-state index contributed by atoms with van der Waals surface area (Å²) in [5.74, 6) is 0.813. The Morgan fingerprint density at radius 2 is 2.08 bits per heavy atom. The molecule has 0 saturated heterocycles. The molecule has 25 heavy (non-hydrogen) atoms. The Morgan fingerprint density at radius 1 is 1.32 bits per heavy atom. The first-order chi connectivity index (χ1) is 12.1. The minimum Gasteiger partial charge on any atom is -0.466 e. The lowest BCUT2D eigenvalue weighted by Crippen LogP contribution is -2.45. The van der Waals surface area contributed by atoms with Gasteiger partial charge in [0.25, 0.3) is 0 Å². The molecule has 0 atom stereocenters. The van der Waals surface area contributed by atoms with Gasteiger partial charge in [-0.15, -0.1) is 0 Å². The molecule has 2 N–H and O–H groups in total. The summed E-state index contributed by atoms with van der Waals surface area (Å²) in [4.78, 5) is 20.9. The van der Waals surface area contributed by atoms with Crippen molar-refractivity contribution in [1.29, 1.82) is 0 Å². The van der Waals surface area contributed by atoms with Gasteiger partial charge in [-0.2, -0.15) is 0 Å². The first-order valence-corrected chi connectivity index (χ1v) is 9.26. The van der Waals surface area contributed by atoms with Crippen molar-refractivity contribution in [1.82, 2.24) is 15.6 Å². The third-order valence-corrected chi connectivity index (χ3v) is 4.54. The Balaban J connectivity index is 1.88. The van der Waals surface area contributed by atoms with Crippen molar-refractivity contribution in [2.24, 2.45) is 10.9 Å². The van der Waals surface area contributed by atoms with Gasteiger partial charge in [0.05, 0.1) is 24.8 Å². The number of hydrogen-bond acceptors (Lipinski definition) is 4. The van der Waals surface area contributed by atoms with Crippen LogP contribution in [0.5, 0.6) is 0 Å². The zero-order valence-electron chi connectivity index (χ0n) is 15.5. The largest absolute Gasteiger partial charge is 0.466 e. The number of guanidine groups is 1. The summed E-state index contributed by atoms with van der Waals surface area (Å²) in [6, 6.07) is 4.33. The molecular weight excluding hydrogens is 316 g/mol. The third kappa shape index (κ3) is 6.03. The van der Waals surface area contributed by atoms with Crippen molar-refractivity contribution < 1.29 is 9.53 Å². The summed E-state index contributed by atoms with van der Waals surface area (Å²) in [5, 5.41) is 6.79. The van der Waals surface area contributed by atoms with E-state index in [-0.39, 0.29) is 11.9 Å². The average Bonchev–Trinajstić information content (AvgIpc) is 2.62. The van der Waals surface area contributed by atoms with Gasteiger partial charge in [0.2, 0.25) is 0 Å². The number of aromatic nitrogens is 1. The Hall–Kier alpha value is -2.11. The lowest BCUT2D eigenvalue weighted by molar-refractivity contribution is -0.149. The summed E-state index contributed by atoms with van der Waals surface area (Å²) >= 11 is 0. The molecule has 1 aromatic rings. The Kier molecular flexibility index (Phi) is 7.70. The highest BCUT2D eigenvalue weighted by atomic mass is 16.5. The molecule has 0 aliphatic heterocycles. The van der Waals surface area contributed by atoms with Crippen LogP contribution >= 0.6 is 0 Å². The highest BCUT2D eigenvalue weighted by Gasteiger charge is 2.27. The van der Waals surface area contributed by atoms with Gasteiger partial charge in [-0.1, -0.05) is 6.07 Å². The number of aryl methyl sites for hydroxylation is 1. The standard InChI is InChI=1S/C19H30N4O2/c1-4-20-19(22-13-17-14(3)7-6-12-21-17)23-16-10-8-15(9-11-16)18(24)25-5-2/h6-7,12,15-16H,4-5,8-11,13H2,1-3H3,(H2,20,22,23). The Morgan fingerprint density at radius 3 is 2.72 bits per heavy atom. The minimum atomic E-state index is -0.0489. The fraction of sp³-hybridized carbons (Fsp3) is 0.632. The second kappa shape index (κ2) is 10.0. The summed E-state index contributed by atoms with van der Waals surface area (Å²) in [6.45, 7) is 7.79. The summed E-state index contributed by atoms with van der Waals surface area (Å²) in [7, 11) is 0.